The van der Waals surface area contributed by atoms with Crippen molar-refractivity contribution in [3.63, 3.8) is 0 Å². The Balaban J connectivity index is 1.68. The zero-order valence-electron chi connectivity index (χ0n) is 14.5. The van der Waals surface area contributed by atoms with E-state index >= 15 is 0 Å². The predicted octanol–water partition coefficient (Wildman–Crippen LogP) is 3.05. The Kier molecular flexibility index (Phi) is 4.90. The lowest BCUT2D eigenvalue weighted by atomic mass is 9.65. The molecule has 0 spiro atoms. The van der Waals surface area contributed by atoms with Gasteiger partial charge in [0.05, 0.1) is 0 Å². The van der Waals surface area contributed by atoms with Crippen LogP contribution in [0.5, 0.6) is 0 Å². The molecule has 2 aliphatic rings. The number of nitrogens with one attached hydrogen (secondary N) is 2. The van der Waals surface area contributed by atoms with Gasteiger partial charge in [-0.25, -0.2) is 0 Å². The summed E-state index contributed by atoms with van der Waals surface area (Å²) >= 11 is 0. The summed E-state index contributed by atoms with van der Waals surface area (Å²) in [5.41, 5.74) is 8.75. The average Bonchev–Trinajstić information content (AvgIpc) is 2.49. The number of benzene rings is 1. The Morgan fingerprint density at radius 2 is 1.79 bits per heavy atom. The summed E-state index contributed by atoms with van der Waals surface area (Å²) in [6.45, 7) is 3.41. The van der Waals surface area contributed by atoms with Gasteiger partial charge in [0.15, 0.2) is 0 Å². The first-order valence-electron chi connectivity index (χ1n) is 8.88. The molecule has 0 aliphatic heterocycles. The Labute approximate surface area is 143 Å². The van der Waals surface area contributed by atoms with Crippen molar-refractivity contribution < 1.29 is 9.59 Å². The smallest absolute Gasteiger partial charge is 0.227 e. The SMILES string of the molecule is CC(=O)Nc1cc(NC(=O)C2CC3CCCC(C2)C3N)ccc1C. The van der Waals surface area contributed by atoms with Crippen LogP contribution < -0.4 is 16.4 Å². The van der Waals surface area contributed by atoms with Gasteiger partial charge in [0.2, 0.25) is 11.8 Å². The van der Waals surface area contributed by atoms with E-state index in [9.17, 15) is 9.59 Å². The molecule has 5 heteroatoms. The molecule has 0 aromatic heterocycles. The lowest BCUT2D eigenvalue weighted by molar-refractivity contribution is -0.122. The van der Waals surface area contributed by atoms with E-state index in [0.29, 0.717) is 11.8 Å². The molecule has 130 valence electrons. The number of hydrogen-bond donors (Lipinski definition) is 3. The van der Waals surface area contributed by atoms with Crippen molar-refractivity contribution in [1.82, 2.24) is 0 Å². The molecule has 1 aromatic rings. The summed E-state index contributed by atoms with van der Waals surface area (Å²) < 4.78 is 0. The van der Waals surface area contributed by atoms with Crippen LogP contribution >= 0.6 is 0 Å². The van der Waals surface area contributed by atoms with E-state index in [4.69, 9.17) is 5.73 Å². The normalized spacial score (nSPS) is 29.0. The van der Waals surface area contributed by atoms with Crippen molar-refractivity contribution in [3.05, 3.63) is 23.8 Å². The third-order valence-corrected chi connectivity index (χ3v) is 5.60. The molecule has 2 bridgehead atoms. The van der Waals surface area contributed by atoms with Crippen molar-refractivity contribution in [2.24, 2.45) is 23.5 Å². The predicted molar refractivity (Wildman–Crippen MR) is 95.6 cm³/mol. The zero-order valence-corrected chi connectivity index (χ0v) is 14.5. The minimum absolute atomic E-state index is 0.0469. The van der Waals surface area contributed by atoms with Gasteiger partial charge in [-0.05, 0) is 62.1 Å². The number of aryl methyl sites for hydroxylation is 1. The van der Waals surface area contributed by atoms with Crippen LogP contribution in [-0.4, -0.2) is 17.9 Å². The number of nitrogens with two attached hydrogens (primary N) is 1. The van der Waals surface area contributed by atoms with Crippen molar-refractivity contribution in [2.45, 2.75) is 52.0 Å². The monoisotopic (exact) mass is 329 g/mol. The second-order valence-electron chi connectivity index (χ2n) is 7.40. The topological polar surface area (TPSA) is 84.2 Å². The van der Waals surface area contributed by atoms with Gasteiger partial charge >= 0.3 is 0 Å². The number of rotatable bonds is 3. The van der Waals surface area contributed by atoms with E-state index in [2.05, 4.69) is 10.6 Å². The third kappa shape index (κ3) is 3.61. The molecular formula is C19H27N3O2. The number of amides is 2. The maximum absolute atomic E-state index is 12.7. The van der Waals surface area contributed by atoms with Gasteiger partial charge in [-0.3, -0.25) is 9.59 Å². The minimum atomic E-state index is -0.115. The zero-order chi connectivity index (χ0) is 17.3. The summed E-state index contributed by atoms with van der Waals surface area (Å²) in [7, 11) is 0. The van der Waals surface area contributed by atoms with Crippen LogP contribution in [0.3, 0.4) is 0 Å². The Bertz CT molecular complexity index is 629. The van der Waals surface area contributed by atoms with Crippen molar-refractivity contribution in [3.8, 4) is 0 Å². The maximum Gasteiger partial charge on any atom is 0.227 e. The first-order valence-corrected chi connectivity index (χ1v) is 8.88. The largest absolute Gasteiger partial charge is 0.327 e. The number of fused-ring (bicyclic) bond motifs is 2. The van der Waals surface area contributed by atoms with Gasteiger partial charge < -0.3 is 16.4 Å². The van der Waals surface area contributed by atoms with Crippen LogP contribution in [0, 0.1) is 24.7 Å². The molecule has 0 radical (unpaired) electrons. The fourth-order valence-corrected chi connectivity index (χ4v) is 4.27. The molecule has 2 unspecified atom stereocenters. The summed E-state index contributed by atoms with van der Waals surface area (Å²) in [5.74, 6) is 0.986. The molecule has 3 rings (SSSR count). The Hall–Kier alpha value is -1.88. The van der Waals surface area contributed by atoms with Gasteiger partial charge in [-0.1, -0.05) is 12.5 Å². The summed E-state index contributed by atoms with van der Waals surface area (Å²) in [5, 5.41) is 5.82. The van der Waals surface area contributed by atoms with E-state index in [0.717, 1.165) is 42.6 Å². The fraction of sp³-hybridized carbons (Fsp3) is 0.579. The third-order valence-electron chi connectivity index (χ3n) is 5.60. The Morgan fingerprint density at radius 3 is 2.42 bits per heavy atom. The van der Waals surface area contributed by atoms with Crippen molar-refractivity contribution in [2.75, 3.05) is 10.6 Å². The molecule has 5 nitrogen and oxygen atoms in total. The van der Waals surface area contributed by atoms with Gasteiger partial charge in [-0.2, -0.15) is 0 Å². The molecule has 0 heterocycles. The minimum Gasteiger partial charge on any atom is -0.327 e. The van der Waals surface area contributed by atoms with E-state index in [1.165, 1.54) is 13.3 Å². The molecule has 2 fully saturated rings. The second-order valence-corrected chi connectivity index (χ2v) is 7.40. The molecule has 4 N–H and O–H groups in total. The number of anilines is 2. The van der Waals surface area contributed by atoms with Crippen LogP contribution in [0.2, 0.25) is 0 Å². The van der Waals surface area contributed by atoms with E-state index < -0.39 is 0 Å². The quantitative estimate of drug-likeness (QED) is 0.797. The number of carbonyl (C=O) groups excluding carboxylic acids is 2. The van der Waals surface area contributed by atoms with Gasteiger partial charge in [0.25, 0.3) is 0 Å². The maximum atomic E-state index is 12.7. The van der Waals surface area contributed by atoms with Gasteiger partial charge in [0, 0.05) is 30.3 Å². The van der Waals surface area contributed by atoms with Gasteiger partial charge in [0.1, 0.15) is 0 Å². The standard InChI is InChI=1S/C19H27N3O2/c1-11-6-7-16(10-17(11)21-12(2)23)22-19(24)15-8-13-4-3-5-14(9-15)18(13)20/h6-7,10,13-15,18H,3-5,8-9,20H2,1-2H3,(H,21,23)(H,22,24). The van der Waals surface area contributed by atoms with E-state index in [-0.39, 0.29) is 23.8 Å². The van der Waals surface area contributed by atoms with Crippen molar-refractivity contribution >= 4 is 23.2 Å². The van der Waals surface area contributed by atoms with Crippen molar-refractivity contribution in [1.29, 1.82) is 0 Å². The number of hydrogen-bond acceptors (Lipinski definition) is 3. The highest BCUT2D eigenvalue weighted by Gasteiger charge is 2.40. The molecule has 0 saturated heterocycles. The first kappa shape index (κ1) is 17.0. The molecule has 2 amide bonds. The van der Waals surface area contributed by atoms with Crippen LogP contribution in [0.1, 0.15) is 44.6 Å². The van der Waals surface area contributed by atoms with E-state index in [1.807, 2.05) is 25.1 Å². The molecule has 24 heavy (non-hydrogen) atoms. The summed E-state index contributed by atoms with van der Waals surface area (Å²) in [6, 6.07) is 5.89. The second kappa shape index (κ2) is 6.93. The fourth-order valence-electron chi connectivity index (χ4n) is 4.27. The average molecular weight is 329 g/mol. The highest BCUT2D eigenvalue weighted by molar-refractivity contribution is 5.95. The molecule has 2 saturated carbocycles. The summed E-state index contributed by atoms with van der Waals surface area (Å²) in [6.07, 6.45) is 5.34. The lowest BCUT2D eigenvalue weighted by Crippen LogP contribution is -2.48. The van der Waals surface area contributed by atoms with Crippen LogP contribution in [-0.2, 0) is 9.59 Å². The van der Waals surface area contributed by atoms with Crippen LogP contribution in [0.4, 0.5) is 11.4 Å². The highest BCUT2D eigenvalue weighted by atomic mass is 16.2. The van der Waals surface area contributed by atoms with Crippen LogP contribution in [0.15, 0.2) is 18.2 Å². The van der Waals surface area contributed by atoms with Gasteiger partial charge in [-0.15, -0.1) is 0 Å². The highest BCUT2D eigenvalue weighted by Crippen LogP contribution is 2.42. The van der Waals surface area contributed by atoms with Crippen LogP contribution in [0.25, 0.3) is 0 Å². The molecular weight excluding hydrogens is 302 g/mol. The lowest BCUT2D eigenvalue weighted by Gasteiger charge is -2.43. The number of carbonyl (C=O) groups is 2. The van der Waals surface area contributed by atoms with E-state index in [1.54, 1.807) is 0 Å². The molecule has 2 aliphatic carbocycles. The molecule has 2 atom stereocenters. The summed E-state index contributed by atoms with van der Waals surface area (Å²) in [4.78, 5) is 24.0. The Morgan fingerprint density at radius 1 is 1.12 bits per heavy atom. The molecule has 1 aromatic carbocycles. The first-order chi connectivity index (χ1) is 11.4.